The molecule has 1 aromatic rings. The van der Waals surface area contributed by atoms with E-state index in [9.17, 15) is 0 Å². The van der Waals surface area contributed by atoms with Crippen LogP contribution in [0.2, 0.25) is 0 Å². The van der Waals surface area contributed by atoms with Crippen LogP contribution < -0.4 is 5.32 Å². The van der Waals surface area contributed by atoms with Gasteiger partial charge in [0.1, 0.15) is 0 Å². The van der Waals surface area contributed by atoms with Crippen molar-refractivity contribution in [2.45, 2.75) is 66.0 Å². The molecule has 4 nitrogen and oxygen atoms in total. The van der Waals surface area contributed by atoms with Crippen LogP contribution in [-0.4, -0.2) is 22.0 Å². The summed E-state index contributed by atoms with van der Waals surface area (Å²) < 4.78 is 2.16. The Bertz CT molecular complexity index is 340. The summed E-state index contributed by atoms with van der Waals surface area (Å²) in [5, 5.41) is 11.9. The second-order valence-corrected chi connectivity index (χ2v) is 5.36. The Morgan fingerprint density at radius 3 is 2.39 bits per heavy atom. The SMILES string of the molecule is CCC(CC)n1nnc(CNC)c1CCC(C)C. The van der Waals surface area contributed by atoms with Crippen molar-refractivity contribution in [1.82, 2.24) is 20.3 Å². The Balaban J connectivity index is 2.94. The average molecular weight is 252 g/mol. The highest BCUT2D eigenvalue weighted by molar-refractivity contribution is 5.11. The molecule has 1 heterocycles. The molecular weight excluding hydrogens is 224 g/mol. The van der Waals surface area contributed by atoms with Crippen LogP contribution in [-0.2, 0) is 13.0 Å². The highest BCUT2D eigenvalue weighted by atomic mass is 15.4. The molecule has 0 aliphatic heterocycles. The molecule has 0 atom stereocenters. The van der Waals surface area contributed by atoms with E-state index in [1.54, 1.807) is 0 Å². The van der Waals surface area contributed by atoms with Crippen LogP contribution in [0, 0.1) is 5.92 Å². The minimum atomic E-state index is 0.491. The minimum absolute atomic E-state index is 0.491. The normalized spacial score (nSPS) is 11.7. The molecule has 0 aromatic carbocycles. The minimum Gasteiger partial charge on any atom is -0.314 e. The van der Waals surface area contributed by atoms with Crippen molar-refractivity contribution in [3.8, 4) is 0 Å². The summed E-state index contributed by atoms with van der Waals surface area (Å²) in [4.78, 5) is 0. The van der Waals surface area contributed by atoms with E-state index in [1.807, 2.05) is 7.05 Å². The zero-order valence-electron chi connectivity index (χ0n) is 12.5. The number of aromatic nitrogens is 3. The third kappa shape index (κ3) is 3.80. The fourth-order valence-corrected chi connectivity index (χ4v) is 2.26. The van der Waals surface area contributed by atoms with Crippen molar-refractivity contribution in [3.63, 3.8) is 0 Å². The molecule has 18 heavy (non-hydrogen) atoms. The zero-order chi connectivity index (χ0) is 13.5. The van der Waals surface area contributed by atoms with Gasteiger partial charge in [-0.05, 0) is 38.6 Å². The van der Waals surface area contributed by atoms with Gasteiger partial charge in [-0.3, -0.25) is 0 Å². The summed E-state index contributed by atoms with van der Waals surface area (Å²) in [5.74, 6) is 0.720. The Morgan fingerprint density at radius 2 is 1.89 bits per heavy atom. The molecule has 0 amide bonds. The maximum Gasteiger partial charge on any atom is 0.0996 e. The number of nitrogens with one attached hydrogen (secondary N) is 1. The van der Waals surface area contributed by atoms with Gasteiger partial charge in [-0.2, -0.15) is 0 Å². The van der Waals surface area contributed by atoms with Gasteiger partial charge in [0, 0.05) is 6.54 Å². The molecule has 0 aliphatic rings. The first-order chi connectivity index (χ1) is 8.63. The van der Waals surface area contributed by atoms with Gasteiger partial charge in [0.05, 0.1) is 17.4 Å². The van der Waals surface area contributed by atoms with Crippen LogP contribution in [0.4, 0.5) is 0 Å². The Kier molecular flexibility index (Phi) is 6.33. The molecule has 0 saturated heterocycles. The van der Waals surface area contributed by atoms with Gasteiger partial charge in [-0.15, -0.1) is 5.10 Å². The molecule has 104 valence electrons. The van der Waals surface area contributed by atoms with Crippen molar-refractivity contribution in [2.75, 3.05) is 7.05 Å². The van der Waals surface area contributed by atoms with Crippen LogP contribution >= 0.6 is 0 Å². The molecule has 0 radical (unpaired) electrons. The van der Waals surface area contributed by atoms with Crippen molar-refractivity contribution in [3.05, 3.63) is 11.4 Å². The van der Waals surface area contributed by atoms with E-state index in [0.29, 0.717) is 6.04 Å². The summed E-state index contributed by atoms with van der Waals surface area (Å²) in [6.45, 7) is 9.79. The van der Waals surface area contributed by atoms with Gasteiger partial charge < -0.3 is 5.32 Å². The van der Waals surface area contributed by atoms with Crippen LogP contribution in [0.5, 0.6) is 0 Å². The summed E-state index contributed by atoms with van der Waals surface area (Å²) >= 11 is 0. The van der Waals surface area contributed by atoms with Crippen molar-refractivity contribution in [2.24, 2.45) is 5.92 Å². The quantitative estimate of drug-likeness (QED) is 0.773. The summed E-state index contributed by atoms with van der Waals surface area (Å²) in [6.07, 6.45) is 4.52. The smallest absolute Gasteiger partial charge is 0.0996 e. The first-order valence-corrected chi connectivity index (χ1v) is 7.21. The second kappa shape index (κ2) is 7.52. The molecule has 0 aliphatic carbocycles. The molecule has 0 saturated carbocycles. The number of rotatable bonds is 8. The zero-order valence-corrected chi connectivity index (χ0v) is 12.5. The van der Waals surface area contributed by atoms with E-state index >= 15 is 0 Å². The number of hydrogen-bond donors (Lipinski definition) is 1. The highest BCUT2D eigenvalue weighted by Gasteiger charge is 2.17. The first kappa shape index (κ1) is 15.2. The lowest BCUT2D eigenvalue weighted by atomic mass is 10.0. The van der Waals surface area contributed by atoms with Crippen LogP contribution in [0.3, 0.4) is 0 Å². The largest absolute Gasteiger partial charge is 0.314 e. The second-order valence-electron chi connectivity index (χ2n) is 5.36. The van der Waals surface area contributed by atoms with E-state index in [-0.39, 0.29) is 0 Å². The number of nitrogens with zero attached hydrogens (tertiary/aromatic N) is 3. The fraction of sp³-hybridized carbons (Fsp3) is 0.857. The summed E-state index contributed by atoms with van der Waals surface area (Å²) in [5.41, 5.74) is 2.44. The standard InChI is InChI=1S/C14H28N4/c1-6-12(7-2)18-14(9-8-11(3)4)13(10-15-5)16-17-18/h11-12,15H,6-10H2,1-5H3. The Morgan fingerprint density at radius 1 is 1.22 bits per heavy atom. The lowest BCUT2D eigenvalue weighted by molar-refractivity contribution is 0.400. The molecule has 0 fully saturated rings. The first-order valence-electron chi connectivity index (χ1n) is 7.21. The van der Waals surface area contributed by atoms with E-state index in [1.165, 1.54) is 12.1 Å². The van der Waals surface area contributed by atoms with E-state index < -0.39 is 0 Å². The Hall–Kier alpha value is -0.900. The summed E-state index contributed by atoms with van der Waals surface area (Å²) in [7, 11) is 1.96. The van der Waals surface area contributed by atoms with Gasteiger partial charge in [-0.25, -0.2) is 4.68 Å². The van der Waals surface area contributed by atoms with Gasteiger partial charge in [-0.1, -0.05) is 32.9 Å². The maximum absolute atomic E-state index is 4.38. The molecule has 0 bridgehead atoms. The van der Waals surface area contributed by atoms with Gasteiger partial charge in [0.25, 0.3) is 0 Å². The highest BCUT2D eigenvalue weighted by Crippen LogP contribution is 2.20. The van der Waals surface area contributed by atoms with Crippen LogP contribution in [0.15, 0.2) is 0 Å². The van der Waals surface area contributed by atoms with Crippen LogP contribution in [0.25, 0.3) is 0 Å². The molecule has 0 unspecified atom stereocenters. The van der Waals surface area contributed by atoms with E-state index in [4.69, 9.17) is 0 Å². The number of hydrogen-bond acceptors (Lipinski definition) is 3. The van der Waals surface area contributed by atoms with Gasteiger partial charge >= 0.3 is 0 Å². The van der Waals surface area contributed by atoms with Crippen molar-refractivity contribution < 1.29 is 0 Å². The third-order valence-electron chi connectivity index (χ3n) is 3.46. The third-order valence-corrected chi connectivity index (χ3v) is 3.46. The molecular formula is C14H28N4. The lowest BCUT2D eigenvalue weighted by Crippen LogP contribution is -2.15. The van der Waals surface area contributed by atoms with Gasteiger partial charge in [0.15, 0.2) is 0 Å². The van der Waals surface area contributed by atoms with Crippen molar-refractivity contribution >= 4 is 0 Å². The fourth-order valence-electron chi connectivity index (χ4n) is 2.26. The summed E-state index contributed by atoms with van der Waals surface area (Å²) in [6, 6.07) is 0.491. The molecule has 1 aromatic heterocycles. The molecule has 1 rings (SSSR count). The molecule has 1 N–H and O–H groups in total. The predicted molar refractivity (Wildman–Crippen MR) is 75.6 cm³/mol. The Labute approximate surface area is 111 Å². The lowest BCUT2D eigenvalue weighted by Gasteiger charge is -2.17. The molecule has 4 heteroatoms. The van der Waals surface area contributed by atoms with Crippen LogP contribution in [0.1, 0.15) is 64.4 Å². The van der Waals surface area contributed by atoms with Gasteiger partial charge in [0.2, 0.25) is 0 Å². The topological polar surface area (TPSA) is 42.7 Å². The monoisotopic (exact) mass is 252 g/mol. The average Bonchev–Trinajstić information content (AvgIpc) is 2.72. The van der Waals surface area contributed by atoms with E-state index in [2.05, 4.69) is 48.0 Å². The predicted octanol–water partition coefficient (Wildman–Crippen LogP) is 2.95. The molecule has 0 spiro atoms. The van der Waals surface area contributed by atoms with E-state index in [0.717, 1.165) is 37.4 Å². The maximum atomic E-state index is 4.38. The van der Waals surface area contributed by atoms with Crippen molar-refractivity contribution in [1.29, 1.82) is 0 Å².